The van der Waals surface area contributed by atoms with Gasteiger partial charge in [0.05, 0.1) is 7.11 Å². The Morgan fingerprint density at radius 3 is 2.50 bits per heavy atom. The Balaban J connectivity index is 3.61. The van der Waals surface area contributed by atoms with Crippen LogP contribution in [0.2, 0.25) is 0 Å². The van der Waals surface area contributed by atoms with E-state index in [0.29, 0.717) is 0 Å². The van der Waals surface area contributed by atoms with E-state index in [9.17, 15) is 13.6 Å². The third kappa shape index (κ3) is 3.34. The van der Waals surface area contributed by atoms with Gasteiger partial charge in [0.15, 0.2) is 0 Å². The Morgan fingerprint density at radius 2 is 2.20 bits per heavy atom. The second-order valence-corrected chi connectivity index (χ2v) is 1.76. The van der Waals surface area contributed by atoms with Crippen molar-refractivity contribution in [2.75, 3.05) is 7.11 Å². The summed E-state index contributed by atoms with van der Waals surface area (Å²) in [4.78, 5) is 10.4. The van der Waals surface area contributed by atoms with Crippen molar-refractivity contribution in [3.05, 3.63) is 0 Å². The molecule has 0 aliphatic heterocycles. The zero-order valence-corrected chi connectivity index (χ0v) is 5.51. The smallest absolute Gasteiger partial charge is 0.322 e. The summed E-state index contributed by atoms with van der Waals surface area (Å²) in [6, 6.07) is -1.20. The van der Waals surface area contributed by atoms with E-state index >= 15 is 0 Å². The SMILES string of the molecule is COC(=O)[C@@H](N)CC(F)F. The molecule has 0 aromatic rings. The van der Waals surface area contributed by atoms with Gasteiger partial charge in [0.1, 0.15) is 6.04 Å². The molecule has 0 aliphatic rings. The lowest BCUT2D eigenvalue weighted by atomic mass is 10.2. The third-order valence-corrected chi connectivity index (χ3v) is 0.936. The minimum Gasteiger partial charge on any atom is -0.468 e. The Kier molecular flexibility index (Phi) is 3.87. The molecule has 0 amide bonds. The summed E-state index contributed by atoms with van der Waals surface area (Å²) in [5.41, 5.74) is 4.97. The first-order valence-corrected chi connectivity index (χ1v) is 2.69. The highest BCUT2D eigenvalue weighted by molar-refractivity contribution is 5.75. The van der Waals surface area contributed by atoms with Crippen LogP contribution in [0.1, 0.15) is 6.42 Å². The first-order chi connectivity index (χ1) is 4.57. The first kappa shape index (κ1) is 9.29. The zero-order valence-electron chi connectivity index (χ0n) is 5.51. The number of carbonyl (C=O) groups is 1. The molecule has 0 aliphatic carbocycles. The highest BCUT2D eigenvalue weighted by atomic mass is 19.3. The molecule has 60 valence electrons. The monoisotopic (exact) mass is 153 g/mol. The zero-order chi connectivity index (χ0) is 8.15. The van der Waals surface area contributed by atoms with Crippen LogP contribution in [0.5, 0.6) is 0 Å². The quantitative estimate of drug-likeness (QED) is 0.587. The van der Waals surface area contributed by atoms with Crippen LogP contribution >= 0.6 is 0 Å². The van der Waals surface area contributed by atoms with Crippen molar-refractivity contribution in [2.45, 2.75) is 18.9 Å². The van der Waals surface area contributed by atoms with Crippen LogP contribution in [0.15, 0.2) is 0 Å². The van der Waals surface area contributed by atoms with Crippen molar-refractivity contribution in [3.8, 4) is 0 Å². The minimum absolute atomic E-state index is 0.646. The molecule has 0 saturated carbocycles. The fourth-order valence-corrected chi connectivity index (χ4v) is 0.440. The van der Waals surface area contributed by atoms with Gasteiger partial charge in [-0.3, -0.25) is 4.79 Å². The summed E-state index contributed by atoms with van der Waals surface area (Å²) in [5.74, 6) is -0.805. The number of nitrogens with two attached hydrogens (primary N) is 1. The molecule has 0 fully saturated rings. The Labute approximate surface area is 57.1 Å². The molecular weight excluding hydrogens is 144 g/mol. The molecule has 0 radical (unpaired) electrons. The van der Waals surface area contributed by atoms with Gasteiger partial charge < -0.3 is 10.5 Å². The minimum atomic E-state index is -2.56. The lowest BCUT2D eigenvalue weighted by molar-refractivity contribution is -0.143. The lowest BCUT2D eigenvalue weighted by Gasteiger charge is -2.06. The molecule has 1 atom stereocenters. The number of ether oxygens (including phenoxy) is 1. The predicted molar refractivity (Wildman–Crippen MR) is 30.6 cm³/mol. The fraction of sp³-hybridized carbons (Fsp3) is 0.800. The van der Waals surface area contributed by atoms with Crippen LogP contribution in [0, 0.1) is 0 Å². The van der Waals surface area contributed by atoms with Crippen molar-refractivity contribution in [1.29, 1.82) is 0 Å². The number of carbonyl (C=O) groups excluding carboxylic acids is 1. The van der Waals surface area contributed by atoms with E-state index in [0.717, 1.165) is 7.11 Å². The molecule has 0 saturated heterocycles. The molecule has 3 nitrogen and oxygen atoms in total. The summed E-state index contributed by atoms with van der Waals surface area (Å²) >= 11 is 0. The second-order valence-electron chi connectivity index (χ2n) is 1.76. The van der Waals surface area contributed by atoms with Crippen LogP contribution < -0.4 is 5.73 Å². The van der Waals surface area contributed by atoms with Gasteiger partial charge in [-0.1, -0.05) is 0 Å². The number of hydrogen-bond donors (Lipinski definition) is 1. The lowest BCUT2D eigenvalue weighted by Crippen LogP contribution is -2.33. The van der Waals surface area contributed by atoms with E-state index in [2.05, 4.69) is 4.74 Å². The van der Waals surface area contributed by atoms with Crippen LogP contribution in [0.3, 0.4) is 0 Å². The summed E-state index contributed by atoms with van der Waals surface area (Å²) < 4.78 is 27.1. The average molecular weight is 153 g/mol. The molecule has 0 aromatic carbocycles. The highest BCUT2D eigenvalue weighted by Crippen LogP contribution is 2.02. The van der Waals surface area contributed by atoms with Gasteiger partial charge in [0.2, 0.25) is 6.43 Å². The van der Waals surface area contributed by atoms with Gasteiger partial charge in [-0.25, -0.2) is 8.78 Å². The van der Waals surface area contributed by atoms with Gasteiger partial charge in [-0.2, -0.15) is 0 Å². The molecule has 2 N–H and O–H groups in total. The van der Waals surface area contributed by atoms with Gasteiger partial charge in [-0.05, 0) is 0 Å². The topological polar surface area (TPSA) is 52.3 Å². The molecule has 0 rings (SSSR count). The fourth-order valence-electron chi connectivity index (χ4n) is 0.440. The standard InChI is InChI=1S/C5H9F2NO2/c1-10-5(9)3(8)2-4(6)7/h3-4H,2,8H2,1H3/t3-/m0/s1. The van der Waals surface area contributed by atoms with E-state index in [1.54, 1.807) is 0 Å². The van der Waals surface area contributed by atoms with E-state index in [1.165, 1.54) is 0 Å². The maximum Gasteiger partial charge on any atom is 0.322 e. The summed E-state index contributed by atoms with van der Waals surface area (Å²) in [5, 5.41) is 0. The Hall–Kier alpha value is -0.710. The maximum absolute atomic E-state index is 11.5. The molecule has 5 heteroatoms. The van der Waals surface area contributed by atoms with Gasteiger partial charge in [0.25, 0.3) is 0 Å². The summed E-state index contributed by atoms with van der Waals surface area (Å²) in [7, 11) is 1.10. The van der Waals surface area contributed by atoms with E-state index in [-0.39, 0.29) is 0 Å². The number of methoxy groups -OCH3 is 1. The largest absolute Gasteiger partial charge is 0.468 e. The number of halogens is 2. The Morgan fingerprint density at radius 1 is 1.70 bits per heavy atom. The van der Waals surface area contributed by atoms with Crippen LogP contribution in [-0.2, 0) is 9.53 Å². The number of rotatable bonds is 3. The van der Waals surface area contributed by atoms with Crippen molar-refractivity contribution in [1.82, 2.24) is 0 Å². The molecule has 0 unspecified atom stereocenters. The molecular formula is C5H9F2NO2. The van der Waals surface area contributed by atoms with Crippen LogP contribution in [0.25, 0.3) is 0 Å². The van der Waals surface area contributed by atoms with Crippen LogP contribution in [0.4, 0.5) is 8.78 Å². The van der Waals surface area contributed by atoms with Crippen molar-refractivity contribution in [2.24, 2.45) is 5.73 Å². The average Bonchev–Trinajstić information content (AvgIpc) is 1.85. The first-order valence-electron chi connectivity index (χ1n) is 2.69. The van der Waals surface area contributed by atoms with Gasteiger partial charge in [-0.15, -0.1) is 0 Å². The van der Waals surface area contributed by atoms with Crippen molar-refractivity contribution >= 4 is 5.97 Å². The van der Waals surface area contributed by atoms with E-state index < -0.39 is 24.9 Å². The Bertz CT molecular complexity index is 118. The van der Waals surface area contributed by atoms with E-state index in [1.807, 2.05) is 0 Å². The maximum atomic E-state index is 11.5. The van der Waals surface area contributed by atoms with Crippen molar-refractivity contribution < 1.29 is 18.3 Å². The van der Waals surface area contributed by atoms with E-state index in [4.69, 9.17) is 5.73 Å². The molecule has 0 bridgehead atoms. The normalized spacial score (nSPS) is 13.3. The number of esters is 1. The predicted octanol–water partition coefficient (Wildman–Crippen LogP) is 0.142. The van der Waals surface area contributed by atoms with Gasteiger partial charge >= 0.3 is 5.97 Å². The molecule has 0 heterocycles. The van der Waals surface area contributed by atoms with Crippen molar-refractivity contribution in [3.63, 3.8) is 0 Å². The third-order valence-electron chi connectivity index (χ3n) is 0.936. The molecule has 10 heavy (non-hydrogen) atoms. The molecule has 0 spiro atoms. The highest BCUT2D eigenvalue weighted by Gasteiger charge is 2.18. The summed E-state index contributed by atoms with van der Waals surface area (Å²) in [6.07, 6.45) is -3.21. The second kappa shape index (κ2) is 4.16. The van der Waals surface area contributed by atoms with Gasteiger partial charge in [0, 0.05) is 6.42 Å². The number of hydrogen-bond acceptors (Lipinski definition) is 3. The summed E-state index contributed by atoms with van der Waals surface area (Å²) in [6.45, 7) is 0. The number of alkyl halides is 2. The molecule has 0 aromatic heterocycles. The van der Waals surface area contributed by atoms with Crippen LogP contribution in [-0.4, -0.2) is 25.5 Å².